The van der Waals surface area contributed by atoms with Crippen molar-refractivity contribution in [1.29, 1.82) is 0 Å². The second-order valence-corrected chi connectivity index (χ2v) is 4.59. The lowest BCUT2D eigenvalue weighted by Crippen LogP contribution is -2.26. The summed E-state index contributed by atoms with van der Waals surface area (Å²) in [7, 11) is 0. The molecular formula is C10H15NS. The van der Waals surface area contributed by atoms with E-state index in [2.05, 4.69) is 25.2 Å². The Hall–Kier alpha value is -0.340. The Labute approximate surface area is 77.8 Å². The van der Waals surface area contributed by atoms with Gasteiger partial charge >= 0.3 is 0 Å². The molecule has 1 N–H and O–H groups in total. The molecule has 0 aliphatic carbocycles. The van der Waals surface area contributed by atoms with Crippen LogP contribution in [0.25, 0.3) is 0 Å². The Bertz CT molecular complexity index is 277. The van der Waals surface area contributed by atoms with Crippen LogP contribution in [0.3, 0.4) is 0 Å². The third-order valence-electron chi connectivity index (χ3n) is 2.51. The van der Waals surface area contributed by atoms with Gasteiger partial charge in [-0.05, 0) is 31.4 Å². The summed E-state index contributed by atoms with van der Waals surface area (Å²) in [6.07, 6.45) is 2.41. The first kappa shape index (κ1) is 8.27. The van der Waals surface area contributed by atoms with Crippen LogP contribution in [-0.4, -0.2) is 6.54 Å². The number of thiophene rings is 1. The van der Waals surface area contributed by atoms with Gasteiger partial charge in [-0.2, -0.15) is 0 Å². The third kappa shape index (κ3) is 1.29. The Balaban J connectivity index is 2.37. The SMILES string of the molecule is CCc1cc2c(s1)CCNC2C. The van der Waals surface area contributed by atoms with Gasteiger partial charge in [0.25, 0.3) is 0 Å². The molecule has 1 aliphatic rings. The third-order valence-corrected chi connectivity index (χ3v) is 3.87. The maximum absolute atomic E-state index is 3.48. The molecule has 1 atom stereocenters. The zero-order chi connectivity index (χ0) is 8.55. The van der Waals surface area contributed by atoms with Gasteiger partial charge in [0.2, 0.25) is 0 Å². The molecule has 0 amide bonds. The summed E-state index contributed by atoms with van der Waals surface area (Å²) in [6, 6.07) is 2.95. The first-order valence-electron chi connectivity index (χ1n) is 4.66. The highest BCUT2D eigenvalue weighted by Crippen LogP contribution is 2.30. The minimum atomic E-state index is 0.574. The summed E-state index contributed by atoms with van der Waals surface area (Å²) in [5.41, 5.74) is 1.54. The van der Waals surface area contributed by atoms with E-state index in [1.165, 1.54) is 17.7 Å². The van der Waals surface area contributed by atoms with Gasteiger partial charge < -0.3 is 5.32 Å². The largest absolute Gasteiger partial charge is 0.310 e. The van der Waals surface area contributed by atoms with Crippen molar-refractivity contribution in [3.8, 4) is 0 Å². The molecule has 0 saturated heterocycles. The van der Waals surface area contributed by atoms with E-state index in [-0.39, 0.29) is 0 Å². The molecule has 0 spiro atoms. The molecular weight excluding hydrogens is 166 g/mol. The van der Waals surface area contributed by atoms with Crippen molar-refractivity contribution in [3.05, 3.63) is 21.4 Å². The van der Waals surface area contributed by atoms with Crippen LogP contribution in [-0.2, 0) is 12.8 Å². The van der Waals surface area contributed by atoms with Crippen LogP contribution in [0.1, 0.15) is 35.2 Å². The van der Waals surface area contributed by atoms with Crippen LogP contribution >= 0.6 is 11.3 Å². The second kappa shape index (κ2) is 3.19. The van der Waals surface area contributed by atoms with Gasteiger partial charge in [0.15, 0.2) is 0 Å². The highest BCUT2D eigenvalue weighted by atomic mass is 32.1. The van der Waals surface area contributed by atoms with Crippen LogP contribution < -0.4 is 5.32 Å². The first-order chi connectivity index (χ1) is 5.81. The van der Waals surface area contributed by atoms with Gasteiger partial charge in [0.1, 0.15) is 0 Å². The Morgan fingerprint density at radius 1 is 1.67 bits per heavy atom. The lowest BCUT2D eigenvalue weighted by atomic mass is 10.0. The number of aryl methyl sites for hydroxylation is 1. The summed E-state index contributed by atoms with van der Waals surface area (Å²) >= 11 is 2.00. The normalized spacial score (nSPS) is 22.3. The molecule has 1 aromatic heterocycles. The molecule has 1 aromatic rings. The monoisotopic (exact) mass is 181 g/mol. The van der Waals surface area contributed by atoms with Gasteiger partial charge in [0, 0.05) is 22.3 Å². The smallest absolute Gasteiger partial charge is 0.0303 e. The summed E-state index contributed by atoms with van der Waals surface area (Å²) in [5.74, 6) is 0. The lowest BCUT2D eigenvalue weighted by Gasteiger charge is -2.19. The Morgan fingerprint density at radius 3 is 3.17 bits per heavy atom. The van der Waals surface area contributed by atoms with Gasteiger partial charge in [-0.1, -0.05) is 6.92 Å². The fourth-order valence-electron chi connectivity index (χ4n) is 1.75. The van der Waals surface area contributed by atoms with E-state index in [4.69, 9.17) is 0 Å². The van der Waals surface area contributed by atoms with Gasteiger partial charge in [0.05, 0.1) is 0 Å². The van der Waals surface area contributed by atoms with E-state index in [1.54, 1.807) is 10.4 Å². The summed E-state index contributed by atoms with van der Waals surface area (Å²) in [5, 5.41) is 3.48. The molecule has 0 aromatic carbocycles. The topological polar surface area (TPSA) is 12.0 Å². The number of hydrogen-bond donors (Lipinski definition) is 1. The number of hydrogen-bond acceptors (Lipinski definition) is 2. The Kier molecular flexibility index (Phi) is 2.20. The standard InChI is InChI=1S/C10H15NS/c1-3-8-6-9-7(2)11-5-4-10(9)12-8/h6-7,11H,3-5H2,1-2H3. The summed E-state index contributed by atoms with van der Waals surface area (Å²) < 4.78 is 0. The predicted molar refractivity (Wildman–Crippen MR) is 53.8 cm³/mol. The van der Waals surface area contributed by atoms with Crippen LogP contribution in [0, 0.1) is 0 Å². The quantitative estimate of drug-likeness (QED) is 0.702. The zero-order valence-electron chi connectivity index (χ0n) is 7.68. The van der Waals surface area contributed by atoms with Crippen LogP contribution in [0.2, 0.25) is 0 Å². The molecule has 2 heteroatoms. The fourth-order valence-corrected chi connectivity index (χ4v) is 2.95. The molecule has 12 heavy (non-hydrogen) atoms. The van der Waals surface area contributed by atoms with E-state index in [0.717, 1.165) is 6.54 Å². The van der Waals surface area contributed by atoms with Crippen molar-refractivity contribution in [2.24, 2.45) is 0 Å². The first-order valence-corrected chi connectivity index (χ1v) is 5.47. The summed E-state index contributed by atoms with van der Waals surface area (Å²) in [6.45, 7) is 5.64. The zero-order valence-corrected chi connectivity index (χ0v) is 8.50. The van der Waals surface area contributed by atoms with E-state index in [0.29, 0.717) is 6.04 Å². The van der Waals surface area contributed by atoms with E-state index in [1.807, 2.05) is 11.3 Å². The average Bonchev–Trinajstić information content (AvgIpc) is 2.49. The number of nitrogens with one attached hydrogen (secondary N) is 1. The Morgan fingerprint density at radius 2 is 2.50 bits per heavy atom. The average molecular weight is 181 g/mol. The number of rotatable bonds is 1. The predicted octanol–water partition coefficient (Wildman–Crippen LogP) is 2.52. The van der Waals surface area contributed by atoms with Crippen molar-refractivity contribution < 1.29 is 0 Å². The molecule has 1 aliphatic heterocycles. The maximum atomic E-state index is 3.48. The molecule has 0 bridgehead atoms. The minimum absolute atomic E-state index is 0.574. The van der Waals surface area contributed by atoms with Crippen molar-refractivity contribution in [2.45, 2.75) is 32.7 Å². The maximum Gasteiger partial charge on any atom is 0.0303 e. The van der Waals surface area contributed by atoms with E-state index < -0.39 is 0 Å². The van der Waals surface area contributed by atoms with Gasteiger partial charge in [-0.3, -0.25) is 0 Å². The molecule has 66 valence electrons. The van der Waals surface area contributed by atoms with Gasteiger partial charge in [-0.15, -0.1) is 11.3 Å². The van der Waals surface area contributed by atoms with Crippen molar-refractivity contribution >= 4 is 11.3 Å². The molecule has 0 radical (unpaired) electrons. The molecule has 1 nitrogen and oxygen atoms in total. The summed E-state index contributed by atoms with van der Waals surface area (Å²) in [4.78, 5) is 3.15. The van der Waals surface area contributed by atoms with Gasteiger partial charge in [-0.25, -0.2) is 0 Å². The molecule has 0 saturated carbocycles. The van der Waals surface area contributed by atoms with Crippen LogP contribution in [0.5, 0.6) is 0 Å². The van der Waals surface area contributed by atoms with Crippen molar-refractivity contribution in [1.82, 2.24) is 5.32 Å². The second-order valence-electron chi connectivity index (χ2n) is 3.37. The highest BCUT2D eigenvalue weighted by molar-refractivity contribution is 7.12. The van der Waals surface area contributed by atoms with Crippen LogP contribution in [0.4, 0.5) is 0 Å². The minimum Gasteiger partial charge on any atom is -0.310 e. The van der Waals surface area contributed by atoms with Crippen molar-refractivity contribution in [3.63, 3.8) is 0 Å². The highest BCUT2D eigenvalue weighted by Gasteiger charge is 2.17. The molecule has 0 fully saturated rings. The van der Waals surface area contributed by atoms with E-state index in [9.17, 15) is 0 Å². The van der Waals surface area contributed by atoms with E-state index >= 15 is 0 Å². The fraction of sp³-hybridized carbons (Fsp3) is 0.600. The molecule has 1 unspecified atom stereocenters. The lowest BCUT2D eigenvalue weighted by molar-refractivity contribution is 0.547. The molecule has 2 heterocycles. The van der Waals surface area contributed by atoms with Crippen LogP contribution in [0.15, 0.2) is 6.07 Å². The number of fused-ring (bicyclic) bond motifs is 1. The van der Waals surface area contributed by atoms with Crippen molar-refractivity contribution in [2.75, 3.05) is 6.54 Å². The molecule has 2 rings (SSSR count).